The van der Waals surface area contributed by atoms with Crippen molar-refractivity contribution in [2.75, 3.05) is 12.9 Å². The Labute approximate surface area is 113 Å². The van der Waals surface area contributed by atoms with Gasteiger partial charge in [0.1, 0.15) is 6.07 Å². The smallest absolute Gasteiger partial charge is 0.351 e. The fourth-order valence-corrected chi connectivity index (χ4v) is 2.68. The molecular formula is C13H20N2O2S. The summed E-state index contributed by atoms with van der Waals surface area (Å²) in [4.78, 5) is 11.7. The maximum absolute atomic E-state index is 11.7. The van der Waals surface area contributed by atoms with Crippen molar-refractivity contribution in [2.24, 2.45) is 0 Å². The Balaban J connectivity index is 2.76. The van der Waals surface area contributed by atoms with Gasteiger partial charge in [-0.3, -0.25) is 0 Å². The number of carbonyl (C=O) groups is 1. The standard InChI is InChI=1S/C13H20N2O2S/c1-3-17-13(16)11(9-14)12(18-2)15-10-7-5-4-6-8-10/h10,15H,3-8H2,1-2H3. The number of hydrogen-bond acceptors (Lipinski definition) is 5. The van der Waals surface area contributed by atoms with Crippen LogP contribution < -0.4 is 5.32 Å². The average molecular weight is 268 g/mol. The van der Waals surface area contributed by atoms with Gasteiger partial charge in [0.05, 0.1) is 11.6 Å². The van der Waals surface area contributed by atoms with E-state index in [2.05, 4.69) is 5.32 Å². The SMILES string of the molecule is CCOC(=O)C(C#N)=C(NC1CCCCC1)SC. The lowest BCUT2D eigenvalue weighted by atomic mass is 9.96. The van der Waals surface area contributed by atoms with Crippen molar-refractivity contribution >= 4 is 17.7 Å². The maximum atomic E-state index is 11.7. The molecule has 0 saturated heterocycles. The zero-order chi connectivity index (χ0) is 13.4. The second-order valence-corrected chi connectivity index (χ2v) is 5.04. The van der Waals surface area contributed by atoms with Gasteiger partial charge in [0.15, 0.2) is 5.57 Å². The number of hydrogen-bond donors (Lipinski definition) is 1. The molecule has 0 aromatic heterocycles. The molecule has 1 aliphatic rings. The van der Waals surface area contributed by atoms with Gasteiger partial charge in [-0.15, -0.1) is 11.8 Å². The monoisotopic (exact) mass is 268 g/mol. The molecule has 4 nitrogen and oxygen atoms in total. The van der Waals surface area contributed by atoms with Crippen molar-refractivity contribution in [3.8, 4) is 6.07 Å². The van der Waals surface area contributed by atoms with Crippen LogP contribution in [0, 0.1) is 11.3 Å². The minimum Gasteiger partial charge on any atom is -0.462 e. The first-order valence-corrected chi connectivity index (χ1v) is 7.57. The predicted octanol–water partition coefficient (Wildman–Crippen LogP) is 2.57. The molecule has 0 amide bonds. The van der Waals surface area contributed by atoms with Crippen molar-refractivity contribution in [3.63, 3.8) is 0 Å². The molecule has 0 aliphatic heterocycles. The number of nitriles is 1. The van der Waals surface area contributed by atoms with E-state index >= 15 is 0 Å². The van der Waals surface area contributed by atoms with E-state index in [1.165, 1.54) is 31.0 Å². The minimum absolute atomic E-state index is 0.0925. The molecule has 1 rings (SSSR count). The highest BCUT2D eigenvalue weighted by Gasteiger charge is 2.20. The van der Waals surface area contributed by atoms with Gasteiger partial charge in [0, 0.05) is 6.04 Å². The fraction of sp³-hybridized carbons (Fsp3) is 0.692. The molecule has 0 spiro atoms. The third-order valence-corrected chi connectivity index (χ3v) is 3.69. The van der Waals surface area contributed by atoms with Crippen LogP contribution in [0.3, 0.4) is 0 Å². The van der Waals surface area contributed by atoms with Crippen LogP contribution in [0.4, 0.5) is 0 Å². The largest absolute Gasteiger partial charge is 0.462 e. The molecule has 0 bridgehead atoms. The van der Waals surface area contributed by atoms with Gasteiger partial charge < -0.3 is 10.1 Å². The first kappa shape index (κ1) is 14.9. The highest BCUT2D eigenvalue weighted by Crippen LogP contribution is 2.22. The Morgan fingerprint density at radius 2 is 2.11 bits per heavy atom. The third kappa shape index (κ3) is 4.26. The lowest BCUT2D eigenvalue weighted by Gasteiger charge is -2.25. The van der Waals surface area contributed by atoms with Crippen LogP contribution in [0.5, 0.6) is 0 Å². The second-order valence-electron chi connectivity index (χ2n) is 4.22. The zero-order valence-corrected chi connectivity index (χ0v) is 11.8. The number of nitrogens with zero attached hydrogens (tertiary/aromatic N) is 1. The van der Waals surface area contributed by atoms with E-state index in [4.69, 9.17) is 10.00 Å². The number of esters is 1. The van der Waals surface area contributed by atoms with Crippen LogP contribution in [0.25, 0.3) is 0 Å². The molecule has 0 atom stereocenters. The molecule has 100 valence electrons. The second kappa shape index (κ2) is 8.04. The third-order valence-electron chi connectivity index (χ3n) is 2.96. The molecule has 5 heteroatoms. The Morgan fingerprint density at radius 1 is 1.44 bits per heavy atom. The van der Waals surface area contributed by atoms with Crippen LogP contribution in [0.15, 0.2) is 10.6 Å². The highest BCUT2D eigenvalue weighted by atomic mass is 32.2. The topological polar surface area (TPSA) is 62.1 Å². The molecule has 1 saturated carbocycles. The molecule has 1 fully saturated rings. The van der Waals surface area contributed by atoms with Crippen molar-refractivity contribution in [1.29, 1.82) is 5.26 Å². The number of ether oxygens (including phenoxy) is 1. The van der Waals surface area contributed by atoms with Crippen LogP contribution in [-0.2, 0) is 9.53 Å². The molecule has 1 aliphatic carbocycles. The van der Waals surface area contributed by atoms with Gasteiger partial charge >= 0.3 is 5.97 Å². The van der Waals surface area contributed by atoms with E-state index in [0.29, 0.717) is 11.1 Å². The highest BCUT2D eigenvalue weighted by molar-refractivity contribution is 8.02. The van der Waals surface area contributed by atoms with Gasteiger partial charge in [-0.2, -0.15) is 5.26 Å². The molecule has 0 unspecified atom stereocenters. The van der Waals surface area contributed by atoms with Gasteiger partial charge in [-0.05, 0) is 26.0 Å². The first-order chi connectivity index (χ1) is 8.72. The maximum Gasteiger partial charge on any atom is 0.351 e. The Hall–Kier alpha value is -1.15. The summed E-state index contributed by atoms with van der Waals surface area (Å²) in [5.74, 6) is -0.535. The van der Waals surface area contributed by atoms with Crippen molar-refractivity contribution in [2.45, 2.75) is 45.1 Å². The Kier molecular flexibility index (Phi) is 6.66. The van der Waals surface area contributed by atoms with E-state index in [1.54, 1.807) is 6.92 Å². The van der Waals surface area contributed by atoms with E-state index < -0.39 is 5.97 Å². The molecule has 1 N–H and O–H groups in total. The molecule has 0 aromatic carbocycles. The molecular weight excluding hydrogens is 248 g/mol. The molecule has 0 radical (unpaired) electrons. The Bertz CT molecular complexity index is 354. The van der Waals surface area contributed by atoms with Crippen molar-refractivity contribution in [1.82, 2.24) is 5.32 Å². The number of nitrogens with one attached hydrogen (secondary N) is 1. The molecule has 0 heterocycles. The zero-order valence-electron chi connectivity index (χ0n) is 11.0. The number of rotatable bonds is 5. The van der Waals surface area contributed by atoms with Crippen LogP contribution >= 0.6 is 11.8 Å². The summed E-state index contributed by atoms with van der Waals surface area (Å²) in [5.41, 5.74) is 0.0925. The van der Waals surface area contributed by atoms with Crippen LogP contribution in [-0.4, -0.2) is 24.9 Å². The normalized spacial score (nSPS) is 17.6. The molecule has 0 aromatic rings. The number of thioether (sulfide) groups is 1. The predicted molar refractivity (Wildman–Crippen MR) is 72.8 cm³/mol. The van der Waals surface area contributed by atoms with E-state index in [0.717, 1.165) is 12.8 Å². The summed E-state index contributed by atoms with van der Waals surface area (Å²) in [6.07, 6.45) is 7.76. The van der Waals surface area contributed by atoms with Gasteiger partial charge in [0.2, 0.25) is 0 Å². The van der Waals surface area contributed by atoms with Crippen LogP contribution in [0.1, 0.15) is 39.0 Å². The minimum atomic E-state index is -0.535. The summed E-state index contributed by atoms with van der Waals surface area (Å²) in [5, 5.41) is 13.0. The lowest BCUT2D eigenvalue weighted by molar-refractivity contribution is -0.138. The summed E-state index contributed by atoms with van der Waals surface area (Å²) >= 11 is 1.40. The fourth-order valence-electron chi connectivity index (χ4n) is 2.06. The summed E-state index contributed by atoms with van der Waals surface area (Å²) in [7, 11) is 0. The molecule has 18 heavy (non-hydrogen) atoms. The van der Waals surface area contributed by atoms with Gasteiger partial charge in [0.25, 0.3) is 0 Å². The number of carbonyl (C=O) groups excluding carboxylic acids is 1. The van der Waals surface area contributed by atoms with E-state index in [-0.39, 0.29) is 12.2 Å². The van der Waals surface area contributed by atoms with E-state index in [1.807, 2.05) is 12.3 Å². The van der Waals surface area contributed by atoms with Gasteiger partial charge in [-0.1, -0.05) is 19.3 Å². The average Bonchev–Trinajstić information content (AvgIpc) is 2.40. The quantitative estimate of drug-likeness (QED) is 0.472. The van der Waals surface area contributed by atoms with E-state index in [9.17, 15) is 4.79 Å². The van der Waals surface area contributed by atoms with Crippen molar-refractivity contribution in [3.05, 3.63) is 10.6 Å². The van der Waals surface area contributed by atoms with Crippen molar-refractivity contribution < 1.29 is 9.53 Å². The Morgan fingerprint density at radius 3 is 2.61 bits per heavy atom. The lowest BCUT2D eigenvalue weighted by Crippen LogP contribution is -2.31. The van der Waals surface area contributed by atoms with Gasteiger partial charge in [-0.25, -0.2) is 4.79 Å². The summed E-state index contributed by atoms with van der Waals surface area (Å²) < 4.78 is 4.89. The summed E-state index contributed by atoms with van der Waals surface area (Å²) in [6.45, 7) is 2.02. The van der Waals surface area contributed by atoms with Crippen LogP contribution in [0.2, 0.25) is 0 Å². The summed E-state index contributed by atoms with van der Waals surface area (Å²) in [6, 6.07) is 2.32. The first-order valence-electron chi connectivity index (χ1n) is 6.35.